The second kappa shape index (κ2) is 8.27. The van der Waals surface area contributed by atoms with Crippen LogP contribution >= 0.6 is 0 Å². The molecule has 1 heterocycles. The highest BCUT2D eigenvalue weighted by Crippen LogP contribution is 2.18. The van der Waals surface area contributed by atoms with E-state index in [2.05, 4.69) is 20.6 Å². The van der Waals surface area contributed by atoms with Gasteiger partial charge < -0.3 is 15.5 Å². The maximum atomic E-state index is 12.9. The Kier molecular flexibility index (Phi) is 5.61. The minimum Gasteiger partial charge on any atom is -0.378 e. The lowest BCUT2D eigenvalue weighted by Gasteiger charge is -2.13. The molecule has 3 rings (SSSR count). The number of rotatable bonds is 6. The highest BCUT2D eigenvalue weighted by Gasteiger charge is 2.08. The molecule has 1 aromatic heterocycles. The lowest BCUT2D eigenvalue weighted by molar-refractivity contribution is 0.0945. The SMILES string of the molecule is CN(C)c1ccc(Nc2cnc(C(=O)NCc3ccc(F)cc3)cn2)cc1. The first-order chi connectivity index (χ1) is 13.0. The Balaban J connectivity index is 1.57. The summed E-state index contributed by atoms with van der Waals surface area (Å²) in [6.07, 6.45) is 2.92. The molecule has 1 amide bonds. The molecule has 27 heavy (non-hydrogen) atoms. The second-order valence-corrected chi connectivity index (χ2v) is 6.16. The molecule has 7 heteroatoms. The summed E-state index contributed by atoms with van der Waals surface area (Å²) in [6.45, 7) is 0.291. The van der Waals surface area contributed by atoms with Gasteiger partial charge in [-0.25, -0.2) is 14.4 Å². The van der Waals surface area contributed by atoms with Crippen LogP contribution < -0.4 is 15.5 Å². The summed E-state index contributed by atoms with van der Waals surface area (Å²) in [5.74, 6) is -0.105. The third kappa shape index (κ3) is 5.01. The number of nitrogens with one attached hydrogen (secondary N) is 2. The highest BCUT2D eigenvalue weighted by atomic mass is 19.1. The average molecular weight is 365 g/mol. The van der Waals surface area contributed by atoms with Crippen LogP contribution in [0.5, 0.6) is 0 Å². The number of aromatic nitrogens is 2. The Bertz CT molecular complexity index is 893. The standard InChI is InChI=1S/C20H20FN5O/c1-26(2)17-9-7-16(8-10-17)25-19-13-22-18(12-23-19)20(27)24-11-14-3-5-15(21)6-4-14/h3-10,12-13H,11H2,1-2H3,(H,23,25)(H,24,27). The van der Waals surface area contributed by atoms with Gasteiger partial charge in [-0.2, -0.15) is 0 Å². The van der Waals surface area contributed by atoms with Crippen LogP contribution in [0, 0.1) is 5.82 Å². The Labute approximate surface area is 157 Å². The number of carbonyl (C=O) groups is 1. The molecule has 0 unspecified atom stereocenters. The quantitative estimate of drug-likeness (QED) is 0.701. The first-order valence-corrected chi connectivity index (χ1v) is 8.40. The van der Waals surface area contributed by atoms with E-state index in [1.54, 1.807) is 12.1 Å². The van der Waals surface area contributed by atoms with Crippen molar-refractivity contribution in [2.24, 2.45) is 0 Å². The Morgan fingerprint density at radius 1 is 1.00 bits per heavy atom. The highest BCUT2D eigenvalue weighted by molar-refractivity contribution is 5.92. The molecule has 2 N–H and O–H groups in total. The van der Waals surface area contributed by atoms with Crippen molar-refractivity contribution >= 4 is 23.1 Å². The van der Waals surface area contributed by atoms with Crippen LogP contribution in [0.4, 0.5) is 21.6 Å². The minimum absolute atomic E-state index is 0.214. The van der Waals surface area contributed by atoms with Gasteiger partial charge in [-0.3, -0.25) is 4.79 Å². The molecule has 0 aliphatic rings. The number of anilines is 3. The third-order valence-electron chi connectivity index (χ3n) is 3.91. The normalized spacial score (nSPS) is 10.3. The van der Waals surface area contributed by atoms with E-state index in [9.17, 15) is 9.18 Å². The lowest BCUT2D eigenvalue weighted by Crippen LogP contribution is -2.24. The molecule has 0 atom stereocenters. The lowest BCUT2D eigenvalue weighted by atomic mass is 10.2. The van der Waals surface area contributed by atoms with E-state index in [0.717, 1.165) is 16.9 Å². The van der Waals surface area contributed by atoms with Crippen LogP contribution in [0.25, 0.3) is 0 Å². The zero-order valence-corrected chi connectivity index (χ0v) is 15.1. The Hall–Kier alpha value is -3.48. The fourth-order valence-electron chi connectivity index (χ4n) is 2.38. The van der Waals surface area contributed by atoms with Crippen molar-refractivity contribution in [3.05, 3.63) is 78.0 Å². The predicted molar refractivity (Wildman–Crippen MR) is 104 cm³/mol. The van der Waals surface area contributed by atoms with E-state index in [1.165, 1.54) is 24.5 Å². The zero-order chi connectivity index (χ0) is 19.2. The summed E-state index contributed by atoms with van der Waals surface area (Å²) in [5.41, 5.74) is 2.99. The van der Waals surface area contributed by atoms with Gasteiger partial charge in [-0.05, 0) is 42.0 Å². The van der Waals surface area contributed by atoms with Gasteiger partial charge in [-0.1, -0.05) is 12.1 Å². The van der Waals surface area contributed by atoms with E-state index in [0.29, 0.717) is 12.4 Å². The molecular formula is C20H20FN5O. The van der Waals surface area contributed by atoms with E-state index >= 15 is 0 Å². The molecule has 2 aromatic carbocycles. The first-order valence-electron chi connectivity index (χ1n) is 8.40. The van der Waals surface area contributed by atoms with Crippen molar-refractivity contribution < 1.29 is 9.18 Å². The van der Waals surface area contributed by atoms with Gasteiger partial charge >= 0.3 is 0 Å². The van der Waals surface area contributed by atoms with Crippen LogP contribution in [-0.4, -0.2) is 30.0 Å². The Morgan fingerprint density at radius 3 is 2.30 bits per heavy atom. The summed E-state index contributed by atoms with van der Waals surface area (Å²) in [7, 11) is 3.96. The molecule has 138 valence electrons. The second-order valence-electron chi connectivity index (χ2n) is 6.16. The molecule has 3 aromatic rings. The molecule has 0 spiro atoms. The number of benzene rings is 2. The number of halogens is 1. The molecule has 0 fully saturated rings. The van der Waals surface area contributed by atoms with E-state index < -0.39 is 0 Å². The molecule has 0 aliphatic heterocycles. The monoisotopic (exact) mass is 365 g/mol. The van der Waals surface area contributed by atoms with Gasteiger partial charge in [0.2, 0.25) is 0 Å². The number of hydrogen-bond donors (Lipinski definition) is 2. The number of amides is 1. The maximum absolute atomic E-state index is 12.9. The van der Waals surface area contributed by atoms with E-state index in [4.69, 9.17) is 0 Å². The number of nitrogens with zero attached hydrogens (tertiary/aromatic N) is 3. The van der Waals surface area contributed by atoms with Gasteiger partial charge in [0.15, 0.2) is 0 Å². The fraction of sp³-hybridized carbons (Fsp3) is 0.150. The van der Waals surface area contributed by atoms with Gasteiger partial charge in [0.25, 0.3) is 5.91 Å². The zero-order valence-electron chi connectivity index (χ0n) is 15.1. The van der Waals surface area contributed by atoms with Gasteiger partial charge in [0.1, 0.15) is 17.3 Å². The predicted octanol–water partition coefficient (Wildman–Crippen LogP) is 3.36. The third-order valence-corrected chi connectivity index (χ3v) is 3.91. The van der Waals surface area contributed by atoms with Crippen LogP contribution in [0.1, 0.15) is 16.1 Å². The largest absolute Gasteiger partial charge is 0.378 e. The summed E-state index contributed by atoms with van der Waals surface area (Å²) in [6, 6.07) is 13.8. The van der Waals surface area contributed by atoms with Crippen molar-refractivity contribution in [2.45, 2.75) is 6.54 Å². The van der Waals surface area contributed by atoms with Crippen LogP contribution in [-0.2, 0) is 6.54 Å². The van der Waals surface area contributed by atoms with Crippen LogP contribution in [0.3, 0.4) is 0 Å². The van der Waals surface area contributed by atoms with Crippen molar-refractivity contribution in [3.8, 4) is 0 Å². The molecule has 0 saturated heterocycles. The maximum Gasteiger partial charge on any atom is 0.271 e. The summed E-state index contributed by atoms with van der Waals surface area (Å²) in [4.78, 5) is 22.5. The smallest absolute Gasteiger partial charge is 0.271 e. The molecule has 0 radical (unpaired) electrons. The van der Waals surface area contributed by atoms with Gasteiger partial charge in [0, 0.05) is 32.0 Å². The van der Waals surface area contributed by atoms with E-state index in [1.807, 2.05) is 43.3 Å². The topological polar surface area (TPSA) is 70.2 Å². The molecule has 0 saturated carbocycles. The number of carbonyl (C=O) groups excluding carboxylic acids is 1. The summed E-state index contributed by atoms with van der Waals surface area (Å²) < 4.78 is 12.9. The van der Waals surface area contributed by atoms with Gasteiger partial charge in [0.05, 0.1) is 12.4 Å². The van der Waals surface area contributed by atoms with Gasteiger partial charge in [-0.15, -0.1) is 0 Å². The molecular weight excluding hydrogens is 345 g/mol. The first kappa shape index (κ1) is 18.3. The Morgan fingerprint density at radius 2 is 1.70 bits per heavy atom. The average Bonchev–Trinajstić information content (AvgIpc) is 2.68. The van der Waals surface area contributed by atoms with Crippen LogP contribution in [0.2, 0.25) is 0 Å². The molecule has 6 nitrogen and oxygen atoms in total. The summed E-state index contributed by atoms with van der Waals surface area (Å²) in [5, 5.41) is 5.87. The van der Waals surface area contributed by atoms with Crippen molar-refractivity contribution in [1.82, 2.24) is 15.3 Å². The minimum atomic E-state index is -0.339. The van der Waals surface area contributed by atoms with Crippen molar-refractivity contribution in [1.29, 1.82) is 0 Å². The van der Waals surface area contributed by atoms with Crippen LogP contribution in [0.15, 0.2) is 60.9 Å². The molecule has 0 bridgehead atoms. The molecule has 0 aliphatic carbocycles. The van der Waals surface area contributed by atoms with E-state index in [-0.39, 0.29) is 17.4 Å². The van der Waals surface area contributed by atoms with Crippen molar-refractivity contribution in [3.63, 3.8) is 0 Å². The summed E-state index contributed by atoms with van der Waals surface area (Å²) >= 11 is 0. The fourth-order valence-corrected chi connectivity index (χ4v) is 2.38. The van der Waals surface area contributed by atoms with Crippen molar-refractivity contribution in [2.75, 3.05) is 24.3 Å². The number of hydrogen-bond acceptors (Lipinski definition) is 5.